The summed E-state index contributed by atoms with van der Waals surface area (Å²) in [6.07, 6.45) is 0.971. The van der Waals surface area contributed by atoms with Crippen LogP contribution in [-0.2, 0) is 6.42 Å². The fourth-order valence-electron chi connectivity index (χ4n) is 5.32. The number of anilines is 1. The molecule has 0 aliphatic carbocycles. The maximum atomic E-state index is 6.89. The van der Waals surface area contributed by atoms with Crippen molar-refractivity contribution < 1.29 is 8.39 Å². The maximum absolute atomic E-state index is 6.89. The summed E-state index contributed by atoms with van der Waals surface area (Å²) in [6.45, 7) is 2.24. The largest absolute Gasteiger partial charge is 0.402 e. The van der Waals surface area contributed by atoms with E-state index in [9.17, 15) is 0 Å². The van der Waals surface area contributed by atoms with Crippen LogP contribution in [0.3, 0.4) is 0 Å². The van der Waals surface area contributed by atoms with Crippen molar-refractivity contribution in [2.75, 3.05) is 4.67 Å². The summed E-state index contributed by atoms with van der Waals surface area (Å²) in [7, 11) is -1.47. The van der Waals surface area contributed by atoms with Gasteiger partial charge in [-0.2, -0.15) is 0 Å². The van der Waals surface area contributed by atoms with E-state index in [0.717, 1.165) is 58.8 Å². The predicted octanol–water partition coefficient (Wildman–Crippen LogP) is 10.3. The van der Waals surface area contributed by atoms with Gasteiger partial charge < -0.3 is 8.39 Å². The highest BCUT2D eigenvalue weighted by atomic mass is 79.9. The zero-order valence-corrected chi connectivity index (χ0v) is 22.9. The van der Waals surface area contributed by atoms with Gasteiger partial charge in [0.1, 0.15) is 0 Å². The van der Waals surface area contributed by atoms with Crippen LogP contribution in [0.25, 0.3) is 43.5 Å². The Kier molecular flexibility index (Phi) is 5.03. The lowest BCUT2D eigenvalue weighted by atomic mass is 9.99. The van der Waals surface area contributed by atoms with Gasteiger partial charge in [-0.1, -0.05) is 66.7 Å². The molecule has 7 rings (SSSR count). The Hall–Kier alpha value is -2.72. The third kappa shape index (κ3) is 3.29. The Labute approximate surface area is 220 Å². The fraction of sp³-hybridized carbons (Fsp3) is 0.103. The first-order chi connectivity index (χ1) is 17.1. The topological polar surface area (TPSA) is 29.5 Å². The summed E-state index contributed by atoms with van der Waals surface area (Å²) in [5, 5.41) is 6.72. The average molecular weight is 605 g/mol. The van der Waals surface area contributed by atoms with Crippen LogP contribution in [0.4, 0.5) is 5.69 Å². The molecule has 0 bridgehead atoms. The molecule has 0 saturated heterocycles. The van der Waals surface area contributed by atoms with Crippen molar-refractivity contribution in [3.63, 3.8) is 0 Å². The van der Waals surface area contributed by atoms with Crippen LogP contribution in [-0.4, -0.2) is 6.04 Å². The first kappa shape index (κ1) is 21.6. The summed E-state index contributed by atoms with van der Waals surface area (Å²) in [5.74, 6) is 0. The Morgan fingerprint density at radius 2 is 1.26 bits per heavy atom. The van der Waals surface area contributed by atoms with Crippen molar-refractivity contribution in [2.24, 2.45) is 0 Å². The third-order valence-corrected chi connectivity index (χ3v) is 9.67. The fourth-order valence-corrected chi connectivity index (χ4v) is 8.31. The molecule has 2 heterocycles. The molecule has 35 heavy (non-hydrogen) atoms. The Balaban J connectivity index is 1.74. The second-order valence-corrected chi connectivity index (χ2v) is 12.0. The number of hydrogen-bond donors (Lipinski definition) is 0. The van der Waals surface area contributed by atoms with Crippen LogP contribution >= 0.6 is 40.0 Å². The van der Waals surface area contributed by atoms with Gasteiger partial charge in [-0.25, -0.2) is 0 Å². The van der Waals surface area contributed by atoms with Crippen LogP contribution in [0.1, 0.15) is 12.5 Å². The molecule has 0 radical (unpaired) electrons. The molecular formula is C29H20Br2NO2P. The monoisotopic (exact) mass is 603 g/mol. The lowest BCUT2D eigenvalue weighted by molar-refractivity contribution is 0.620. The molecular weight excluding hydrogens is 585 g/mol. The van der Waals surface area contributed by atoms with Crippen molar-refractivity contribution >= 4 is 89.2 Å². The van der Waals surface area contributed by atoms with Gasteiger partial charge in [-0.15, -0.1) is 0 Å². The predicted molar refractivity (Wildman–Crippen MR) is 154 cm³/mol. The highest BCUT2D eigenvalue weighted by Gasteiger charge is 2.31. The highest BCUT2D eigenvalue weighted by Crippen LogP contribution is 2.50. The minimum Gasteiger partial charge on any atom is -0.402 e. The number of benzene rings is 5. The average Bonchev–Trinajstić information content (AvgIpc) is 3.08. The second-order valence-electron chi connectivity index (χ2n) is 9.01. The molecule has 6 heteroatoms. The zero-order valence-electron chi connectivity index (χ0n) is 18.8. The van der Waals surface area contributed by atoms with Crippen molar-refractivity contribution in [1.82, 2.24) is 0 Å². The summed E-state index contributed by atoms with van der Waals surface area (Å²) >= 11 is 7.71. The zero-order chi connectivity index (χ0) is 23.7. The molecule has 172 valence electrons. The standard InChI is InChI=1S/C29H20Br2NO2P/c1-17-14-20-10-4-7-13-25(20)32(17)35-33-28-23(30)15-18-8-2-5-11-21(18)26(28)27-22-12-6-3-9-19(22)16-24(31)29(27)34-35/h2-13,15-17H,14H2,1H3/t17-/m1/s1. The molecule has 0 fully saturated rings. The van der Waals surface area contributed by atoms with E-state index in [1.165, 1.54) is 11.3 Å². The normalized spacial score (nSPS) is 15.4. The van der Waals surface area contributed by atoms with Gasteiger partial charge in [0.25, 0.3) is 0 Å². The van der Waals surface area contributed by atoms with Gasteiger partial charge in [0.15, 0.2) is 11.2 Å². The summed E-state index contributed by atoms with van der Waals surface area (Å²) < 4.78 is 18.0. The number of nitrogens with zero attached hydrogens (tertiary/aromatic N) is 1. The van der Waals surface area contributed by atoms with Crippen molar-refractivity contribution in [1.29, 1.82) is 0 Å². The Morgan fingerprint density at radius 3 is 1.86 bits per heavy atom. The smallest absolute Gasteiger partial charge is 0.342 e. The first-order valence-corrected chi connectivity index (χ1v) is 14.3. The van der Waals surface area contributed by atoms with E-state index in [0.29, 0.717) is 0 Å². The molecule has 0 spiro atoms. The molecule has 1 atom stereocenters. The first-order valence-electron chi connectivity index (χ1n) is 11.6. The van der Waals surface area contributed by atoms with Gasteiger partial charge in [0, 0.05) is 16.8 Å². The lowest BCUT2D eigenvalue weighted by Gasteiger charge is -2.20. The van der Waals surface area contributed by atoms with Crippen LogP contribution < -0.4 is 4.67 Å². The summed E-state index contributed by atoms with van der Waals surface area (Å²) in [4.78, 5) is 0. The van der Waals surface area contributed by atoms with Crippen LogP contribution in [0.2, 0.25) is 0 Å². The second kappa shape index (κ2) is 8.16. The van der Waals surface area contributed by atoms with E-state index < -0.39 is 8.16 Å². The number of para-hydroxylation sites is 1. The van der Waals surface area contributed by atoms with E-state index in [4.69, 9.17) is 8.39 Å². The van der Waals surface area contributed by atoms with E-state index in [-0.39, 0.29) is 6.04 Å². The van der Waals surface area contributed by atoms with E-state index in [1.54, 1.807) is 0 Å². The summed E-state index contributed by atoms with van der Waals surface area (Å²) in [5.41, 5.74) is 4.17. The highest BCUT2D eigenvalue weighted by molar-refractivity contribution is 9.11. The molecule has 0 N–H and O–H groups in total. The van der Waals surface area contributed by atoms with Crippen molar-refractivity contribution in [3.05, 3.63) is 99.4 Å². The maximum Gasteiger partial charge on any atom is 0.342 e. The minimum absolute atomic E-state index is 0.266. The number of rotatable bonds is 1. The van der Waals surface area contributed by atoms with Gasteiger partial charge >= 0.3 is 8.16 Å². The minimum atomic E-state index is -1.47. The number of halogens is 2. The lowest BCUT2D eigenvalue weighted by Crippen LogP contribution is -2.20. The van der Waals surface area contributed by atoms with Crippen molar-refractivity contribution in [3.8, 4) is 0 Å². The molecule has 1 aliphatic rings. The Bertz CT molecular complexity index is 1740. The molecule has 1 aromatic heterocycles. The van der Waals surface area contributed by atoms with Crippen LogP contribution in [0, 0.1) is 0 Å². The number of fused-ring (bicyclic) bond motifs is 8. The Morgan fingerprint density at radius 1 is 0.743 bits per heavy atom. The molecule has 6 aromatic rings. The molecule has 1 aliphatic heterocycles. The van der Waals surface area contributed by atoms with Crippen LogP contribution in [0.15, 0.2) is 102 Å². The molecule has 3 nitrogen and oxygen atoms in total. The molecule has 0 unspecified atom stereocenters. The van der Waals surface area contributed by atoms with Gasteiger partial charge in [-0.05, 0) is 90.5 Å². The van der Waals surface area contributed by atoms with Gasteiger partial charge in [0.05, 0.1) is 14.6 Å². The molecule has 5 aromatic carbocycles. The molecule has 0 saturated carbocycles. The van der Waals surface area contributed by atoms with Gasteiger partial charge in [-0.3, -0.25) is 4.67 Å². The van der Waals surface area contributed by atoms with Gasteiger partial charge in [0.2, 0.25) is 0 Å². The number of hydrogen-bond acceptors (Lipinski definition) is 3. The van der Waals surface area contributed by atoms with Crippen LogP contribution in [0.5, 0.6) is 0 Å². The van der Waals surface area contributed by atoms with E-state index >= 15 is 0 Å². The summed E-state index contributed by atoms with van der Waals surface area (Å²) in [6, 6.07) is 30.1. The van der Waals surface area contributed by atoms with E-state index in [2.05, 4.69) is 128 Å². The van der Waals surface area contributed by atoms with Crippen molar-refractivity contribution in [2.45, 2.75) is 19.4 Å². The molecule has 0 amide bonds. The van der Waals surface area contributed by atoms with E-state index in [1.807, 2.05) is 0 Å². The SMILES string of the molecule is C[C@@H]1Cc2ccccc2N1p1oc2c(Br)cc3ccccc3c2c2c(o1)c(Br)cc1ccccc12. The third-order valence-electron chi connectivity index (χ3n) is 6.85. The quantitative estimate of drug-likeness (QED) is 0.187.